The summed E-state index contributed by atoms with van der Waals surface area (Å²) in [5, 5.41) is 1.02. The maximum atomic E-state index is 12.2. The highest BCUT2D eigenvalue weighted by Crippen LogP contribution is 2.38. The zero-order valence-electron chi connectivity index (χ0n) is 10.2. The first-order valence-electron chi connectivity index (χ1n) is 6.35. The molecule has 1 fully saturated rings. The topological polar surface area (TPSA) is 53.2 Å². The Morgan fingerprint density at radius 1 is 1.21 bits per heavy atom. The number of para-hydroxylation sites is 1. The summed E-state index contributed by atoms with van der Waals surface area (Å²) in [5.74, 6) is 0.159. The Morgan fingerprint density at radius 2 is 2.05 bits per heavy atom. The molecule has 4 heteroatoms. The van der Waals surface area contributed by atoms with Crippen molar-refractivity contribution >= 4 is 16.8 Å². The minimum absolute atomic E-state index is 0.0195. The van der Waals surface area contributed by atoms with Gasteiger partial charge in [-0.15, -0.1) is 0 Å². The van der Waals surface area contributed by atoms with Crippen LogP contribution in [0.15, 0.2) is 47.4 Å². The largest absolute Gasteiger partial charge is 0.322 e. The highest BCUT2D eigenvalue weighted by atomic mass is 16.2. The van der Waals surface area contributed by atoms with Crippen LogP contribution in [0.3, 0.4) is 0 Å². The van der Waals surface area contributed by atoms with Gasteiger partial charge in [0.1, 0.15) is 0 Å². The minimum Gasteiger partial charge on any atom is -0.322 e. The Balaban J connectivity index is 1.84. The molecule has 0 saturated carbocycles. The maximum absolute atomic E-state index is 12.2. The predicted octanol–water partition coefficient (Wildman–Crippen LogP) is 1.74. The lowest BCUT2D eigenvalue weighted by Crippen LogP contribution is -2.49. The molecule has 2 aliphatic heterocycles. The van der Waals surface area contributed by atoms with Crippen molar-refractivity contribution < 1.29 is 4.79 Å². The molecule has 4 nitrogen and oxygen atoms in total. The number of hydrogen-bond acceptors (Lipinski definition) is 2. The van der Waals surface area contributed by atoms with Gasteiger partial charge in [0.15, 0.2) is 0 Å². The van der Waals surface area contributed by atoms with E-state index in [0.717, 1.165) is 16.5 Å². The third-order valence-electron chi connectivity index (χ3n) is 4.04. The lowest BCUT2D eigenvalue weighted by atomic mass is 9.87. The molecule has 0 bridgehead atoms. The van der Waals surface area contributed by atoms with Crippen molar-refractivity contribution in [1.29, 1.82) is 0 Å². The standard InChI is InChI=1S/C15H12N2O2/c18-14-8-13-10(5-6-17(13)14)11-7-9-3-1-2-4-12(9)16-15(11)19/h1-7,10,13H,8H2,(H,16,19)/t10?,13-/m0/s1. The number of β-lactam (4-membered cyclic amide) rings is 1. The molecule has 94 valence electrons. The number of carbonyl (C=O) groups excluding carboxylic acids is 1. The summed E-state index contributed by atoms with van der Waals surface area (Å²) in [4.78, 5) is 28.2. The summed E-state index contributed by atoms with van der Waals surface area (Å²) in [5.41, 5.74) is 1.53. The van der Waals surface area contributed by atoms with Gasteiger partial charge in [-0.05, 0) is 17.5 Å². The van der Waals surface area contributed by atoms with Crippen LogP contribution in [0.5, 0.6) is 0 Å². The number of rotatable bonds is 1. The summed E-state index contributed by atoms with van der Waals surface area (Å²) in [6.07, 6.45) is 4.29. The number of carbonyl (C=O) groups is 1. The number of nitrogens with one attached hydrogen (secondary N) is 1. The Labute approximate surface area is 109 Å². The molecule has 19 heavy (non-hydrogen) atoms. The molecule has 1 amide bonds. The third-order valence-corrected chi connectivity index (χ3v) is 4.04. The molecule has 1 N–H and O–H groups in total. The van der Waals surface area contributed by atoms with E-state index in [0.29, 0.717) is 6.42 Å². The first-order valence-corrected chi connectivity index (χ1v) is 6.35. The van der Waals surface area contributed by atoms with Gasteiger partial charge >= 0.3 is 0 Å². The summed E-state index contributed by atoms with van der Waals surface area (Å²) >= 11 is 0. The van der Waals surface area contributed by atoms with E-state index < -0.39 is 0 Å². The second-order valence-corrected chi connectivity index (χ2v) is 5.08. The van der Waals surface area contributed by atoms with E-state index in [1.165, 1.54) is 0 Å². The number of amides is 1. The number of aromatic nitrogens is 1. The molecule has 0 aliphatic carbocycles. The quantitative estimate of drug-likeness (QED) is 0.786. The van der Waals surface area contributed by atoms with Crippen molar-refractivity contribution in [2.75, 3.05) is 0 Å². The van der Waals surface area contributed by atoms with E-state index in [1.807, 2.05) is 36.4 Å². The molecule has 1 unspecified atom stereocenters. The van der Waals surface area contributed by atoms with Gasteiger partial charge in [0.05, 0.1) is 6.04 Å². The molecule has 1 aromatic carbocycles. The van der Waals surface area contributed by atoms with E-state index in [2.05, 4.69) is 4.98 Å². The number of H-pyrrole nitrogens is 1. The Kier molecular flexibility index (Phi) is 1.98. The van der Waals surface area contributed by atoms with Gasteiger partial charge in [0.2, 0.25) is 5.91 Å². The SMILES string of the molecule is O=C1C[C@H]2C(c3cc4ccccc4[nH]c3=O)C=CN12. The average Bonchev–Trinajstić information content (AvgIpc) is 2.75. The second kappa shape index (κ2) is 3.57. The van der Waals surface area contributed by atoms with Crippen LogP contribution in [0.2, 0.25) is 0 Å². The van der Waals surface area contributed by atoms with Crippen LogP contribution in [0.1, 0.15) is 17.9 Å². The fourth-order valence-corrected chi connectivity index (χ4v) is 2.99. The molecule has 1 aromatic heterocycles. The maximum Gasteiger partial charge on any atom is 0.252 e. The monoisotopic (exact) mass is 252 g/mol. The molecular formula is C15H12N2O2. The zero-order valence-corrected chi connectivity index (χ0v) is 10.2. The van der Waals surface area contributed by atoms with E-state index >= 15 is 0 Å². The van der Waals surface area contributed by atoms with Crippen LogP contribution < -0.4 is 5.56 Å². The van der Waals surface area contributed by atoms with Crippen LogP contribution >= 0.6 is 0 Å². The first-order chi connectivity index (χ1) is 9.24. The summed E-state index contributed by atoms with van der Waals surface area (Å²) in [6.45, 7) is 0. The Bertz CT molecular complexity index is 775. The van der Waals surface area contributed by atoms with Crippen molar-refractivity contribution in [1.82, 2.24) is 9.88 Å². The minimum atomic E-state index is -0.0606. The molecule has 2 aliphatic rings. The molecule has 1 saturated heterocycles. The van der Waals surface area contributed by atoms with Crippen LogP contribution in [0.25, 0.3) is 10.9 Å². The summed E-state index contributed by atoms with van der Waals surface area (Å²) < 4.78 is 0. The van der Waals surface area contributed by atoms with E-state index in [4.69, 9.17) is 0 Å². The van der Waals surface area contributed by atoms with Crippen molar-refractivity contribution in [2.24, 2.45) is 0 Å². The second-order valence-electron chi connectivity index (χ2n) is 5.08. The van der Waals surface area contributed by atoms with Crippen molar-refractivity contribution in [3.8, 4) is 0 Å². The molecule has 2 atom stereocenters. The number of fused-ring (bicyclic) bond motifs is 2. The third kappa shape index (κ3) is 1.40. The van der Waals surface area contributed by atoms with Crippen LogP contribution in [-0.2, 0) is 4.79 Å². The molecule has 0 spiro atoms. The van der Waals surface area contributed by atoms with Gasteiger partial charge < -0.3 is 9.88 Å². The molecular weight excluding hydrogens is 240 g/mol. The molecule has 0 radical (unpaired) electrons. The highest BCUT2D eigenvalue weighted by molar-refractivity contribution is 5.86. The van der Waals surface area contributed by atoms with Gasteiger partial charge in [-0.25, -0.2) is 0 Å². The molecule has 2 aromatic rings. The summed E-state index contributed by atoms with van der Waals surface area (Å²) in [6, 6.07) is 9.81. The number of pyridine rings is 1. The Morgan fingerprint density at radius 3 is 2.84 bits per heavy atom. The smallest absolute Gasteiger partial charge is 0.252 e. The molecule has 3 heterocycles. The van der Waals surface area contributed by atoms with Crippen LogP contribution in [0.4, 0.5) is 0 Å². The normalized spacial score (nSPS) is 24.6. The number of benzene rings is 1. The number of nitrogens with zero attached hydrogens (tertiary/aromatic N) is 1. The Hall–Kier alpha value is -2.36. The zero-order chi connectivity index (χ0) is 13.0. The van der Waals surface area contributed by atoms with Crippen molar-refractivity contribution in [2.45, 2.75) is 18.4 Å². The van der Waals surface area contributed by atoms with Crippen LogP contribution in [0, 0.1) is 0 Å². The van der Waals surface area contributed by atoms with Crippen molar-refractivity contribution in [3.63, 3.8) is 0 Å². The fraction of sp³-hybridized carbons (Fsp3) is 0.200. The lowest BCUT2D eigenvalue weighted by molar-refractivity contribution is -0.140. The van der Waals surface area contributed by atoms with Gasteiger partial charge in [-0.3, -0.25) is 9.59 Å². The van der Waals surface area contributed by atoms with Gasteiger partial charge in [0, 0.05) is 29.6 Å². The summed E-state index contributed by atoms with van der Waals surface area (Å²) in [7, 11) is 0. The highest BCUT2D eigenvalue weighted by Gasteiger charge is 2.44. The lowest BCUT2D eigenvalue weighted by Gasteiger charge is -2.36. The van der Waals surface area contributed by atoms with E-state index in [-0.39, 0.29) is 23.4 Å². The first kappa shape index (κ1) is 10.6. The van der Waals surface area contributed by atoms with E-state index in [1.54, 1.807) is 11.1 Å². The fourth-order valence-electron chi connectivity index (χ4n) is 2.99. The number of hydrogen-bond donors (Lipinski definition) is 1. The molecule has 4 rings (SSSR count). The van der Waals surface area contributed by atoms with Gasteiger partial charge in [0.25, 0.3) is 5.56 Å². The predicted molar refractivity (Wildman–Crippen MR) is 71.7 cm³/mol. The van der Waals surface area contributed by atoms with Gasteiger partial charge in [-0.1, -0.05) is 24.3 Å². The van der Waals surface area contributed by atoms with Gasteiger partial charge in [-0.2, -0.15) is 0 Å². The number of aromatic amines is 1. The van der Waals surface area contributed by atoms with E-state index in [9.17, 15) is 9.59 Å². The van der Waals surface area contributed by atoms with Crippen molar-refractivity contribution in [3.05, 3.63) is 58.5 Å². The average molecular weight is 252 g/mol. The van der Waals surface area contributed by atoms with Crippen LogP contribution in [-0.4, -0.2) is 21.8 Å².